The van der Waals surface area contributed by atoms with Crippen LogP contribution in [0, 0.1) is 0 Å². The summed E-state index contributed by atoms with van der Waals surface area (Å²) in [4.78, 5) is 25.3. The lowest BCUT2D eigenvalue weighted by Gasteiger charge is -2.34. The van der Waals surface area contributed by atoms with Crippen LogP contribution in [0.5, 0.6) is 0 Å². The van der Waals surface area contributed by atoms with Gasteiger partial charge in [0.1, 0.15) is 6.54 Å². The molecule has 1 N–H and O–H groups in total. The zero-order chi connectivity index (χ0) is 11.7. The number of carboxylic acids is 1. The first kappa shape index (κ1) is 10.5. The number of benzene rings is 1. The van der Waals surface area contributed by atoms with E-state index in [-0.39, 0.29) is 12.6 Å². The highest BCUT2D eigenvalue weighted by molar-refractivity contribution is 5.98. The normalized spacial score (nSPS) is 14.9. The molecular weight excluding hydrogens is 208 g/mol. The largest absolute Gasteiger partial charge is 0.480 e. The molecule has 2 amide bonds. The first-order valence-electron chi connectivity index (χ1n) is 4.92. The van der Waals surface area contributed by atoms with Gasteiger partial charge < -0.3 is 10.0 Å². The van der Waals surface area contributed by atoms with E-state index in [1.54, 1.807) is 19.2 Å². The lowest BCUT2D eigenvalue weighted by atomic mass is 10.1. The van der Waals surface area contributed by atoms with Gasteiger partial charge in [-0.3, -0.25) is 9.69 Å². The van der Waals surface area contributed by atoms with E-state index in [1.165, 1.54) is 9.80 Å². The predicted octanol–water partition coefficient (Wildman–Crippen LogP) is 1.14. The number of carbonyl (C=O) groups excluding carboxylic acids is 1. The maximum Gasteiger partial charge on any atom is 0.325 e. The Bertz CT molecular complexity index is 445. The molecular formula is C11H12N2O3. The molecule has 1 aliphatic heterocycles. The van der Waals surface area contributed by atoms with Crippen molar-refractivity contribution in [2.75, 3.05) is 18.5 Å². The third-order valence-corrected chi connectivity index (χ3v) is 2.54. The minimum absolute atomic E-state index is 0.277. The smallest absolute Gasteiger partial charge is 0.325 e. The third-order valence-electron chi connectivity index (χ3n) is 2.54. The highest BCUT2D eigenvalue weighted by Crippen LogP contribution is 2.27. The van der Waals surface area contributed by atoms with Gasteiger partial charge in [0.25, 0.3) is 0 Å². The Balaban J connectivity index is 2.41. The molecule has 1 heterocycles. The van der Waals surface area contributed by atoms with Gasteiger partial charge in [-0.1, -0.05) is 18.2 Å². The molecule has 0 radical (unpaired) electrons. The van der Waals surface area contributed by atoms with Crippen LogP contribution in [0.1, 0.15) is 5.56 Å². The molecule has 5 nitrogen and oxygen atoms in total. The highest BCUT2D eigenvalue weighted by Gasteiger charge is 2.28. The van der Waals surface area contributed by atoms with Gasteiger partial charge in [-0.25, -0.2) is 4.79 Å². The predicted molar refractivity (Wildman–Crippen MR) is 58.3 cm³/mol. The van der Waals surface area contributed by atoms with Crippen molar-refractivity contribution in [3.05, 3.63) is 29.8 Å². The molecule has 1 aromatic rings. The second-order valence-corrected chi connectivity index (χ2v) is 3.75. The number of aliphatic carboxylic acids is 1. The number of carboxylic acid groups (broad SMARTS) is 1. The average molecular weight is 220 g/mol. The van der Waals surface area contributed by atoms with Crippen LogP contribution in [0.3, 0.4) is 0 Å². The van der Waals surface area contributed by atoms with Crippen molar-refractivity contribution in [1.29, 1.82) is 0 Å². The summed E-state index contributed by atoms with van der Waals surface area (Å²) in [6.45, 7) is 0.214. The van der Waals surface area contributed by atoms with Crippen molar-refractivity contribution in [1.82, 2.24) is 4.90 Å². The molecule has 0 aromatic heterocycles. The summed E-state index contributed by atoms with van der Waals surface area (Å²) < 4.78 is 0. The van der Waals surface area contributed by atoms with E-state index in [1.807, 2.05) is 12.1 Å². The van der Waals surface area contributed by atoms with Crippen LogP contribution >= 0.6 is 0 Å². The van der Waals surface area contributed by atoms with Crippen molar-refractivity contribution in [3.63, 3.8) is 0 Å². The number of rotatable bonds is 2. The fraction of sp³-hybridized carbons (Fsp3) is 0.273. The molecule has 0 bridgehead atoms. The summed E-state index contributed by atoms with van der Waals surface area (Å²) in [6, 6.07) is 7.06. The molecule has 0 atom stereocenters. The standard InChI is InChI=1S/C11H12N2O3/c1-12-6-8-4-2-3-5-9(8)13(11(12)16)7-10(14)15/h2-5H,6-7H2,1H3,(H,14,15). The Morgan fingerprint density at radius 1 is 1.44 bits per heavy atom. The fourth-order valence-corrected chi connectivity index (χ4v) is 1.83. The highest BCUT2D eigenvalue weighted by atomic mass is 16.4. The van der Waals surface area contributed by atoms with Crippen LogP contribution in [-0.2, 0) is 11.3 Å². The average Bonchev–Trinajstić information content (AvgIpc) is 2.24. The second kappa shape index (κ2) is 3.84. The van der Waals surface area contributed by atoms with Gasteiger partial charge in [0.15, 0.2) is 0 Å². The SMILES string of the molecule is CN1Cc2ccccc2N(CC(=O)O)C1=O. The first-order valence-corrected chi connectivity index (χ1v) is 4.92. The van der Waals surface area contributed by atoms with Crippen LogP contribution in [-0.4, -0.2) is 35.6 Å². The Morgan fingerprint density at radius 2 is 2.12 bits per heavy atom. The maximum atomic E-state index is 11.8. The molecule has 0 fully saturated rings. The van der Waals surface area contributed by atoms with Gasteiger partial charge in [0.2, 0.25) is 0 Å². The summed E-state index contributed by atoms with van der Waals surface area (Å²) in [5.74, 6) is -1.02. The lowest BCUT2D eigenvalue weighted by Crippen LogP contribution is -2.47. The number of fused-ring (bicyclic) bond motifs is 1. The molecule has 16 heavy (non-hydrogen) atoms. The molecule has 2 rings (SSSR count). The Morgan fingerprint density at radius 3 is 2.81 bits per heavy atom. The van der Waals surface area contributed by atoms with Gasteiger partial charge >= 0.3 is 12.0 Å². The maximum absolute atomic E-state index is 11.8. The number of carbonyl (C=O) groups is 2. The number of urea groups is 1. The monoisotopic (exact) mass is 220 g/mol. The number of hydrogen-bond donors (Lipinski definition) is 1. The molecule has 5 heteroatoms. The van der Waals surface area contributed by atoms with E-state index < -0.39 is 5.97 Å². The van der Waals surface area contributed by atoms with Gasteiger partial charge in [-0.05, 0) is 11.6 Å². The zero-order valence-corrected chi connectivity index (χ0v) is 8.88. The Hall–Kier alpha value is -2.04. The molecule has 1 aromatic carbocycles. The van der Waals surface area contributed by atoms with Crippen molar-refractivity contribution in [3.8, 4) is 0 Å². The second-order valence-electron chi connectivity index (χ2n) is 3.75. The van der Waals surface area contributed by atoms with Crippen LogP contribution in [0.2, 0.25) is 0 Å². The molecule has 0 aliphatic carbocycles. The number of para-hydroxylation sites is 1. The topological polar surface area (TPSA) is 60.9 Å². The van der Waals surface area contributed by atoms with E-state index >= 15 is 0 Å². The molecule has 0 unspecified atom stereocenters. The number of amides is 2. The van der Waals surface area contributed by atoms with Gasteiger partial charge in [-0.15, -0.1) is 0 Å². The molecule has 0 saturated heterocycles. The fourth-order valence-electron chi connectivity index (χ4n) is 1.83. The Kier molecular flexibility index (Phi) is 2.52. The van der Waals surface area contributed by atoms with Crippen LogP contribution < -0.4 is 4.90 Å². The summed E-state index contributed by atoms with van der Waals surface area (Å²) in [7, 11) is 1.66. The molecule has 84 valence electrons. The summed E-state index contributed by atoms with van der Waals surface area (Å²) in [5, 5.41) is 8.78. The molecule has 0 spiro atoms. The Labute approximate surface area is 92.9 Å². The first-order chi connectivity index (χ1) is 7.59. The number of nitrogens with zero attached hydrogens (tertiary/aromatic N) is 2. The summed E-state index contributed by atoms with van der Waals surface area (Å²) in [6.07, 6.45) is 0. The minimum atomic E-state index is -1.02. The summed E-state index contributed by atoms with van der Waals surface area (Å²) >= 11 is 0. The quantitative estimate of drug-likeness (QED) is 0.813. The third kappa shape index (κ3) is 1.71. The molecule has 0 saturated carbocycles. The van der Waals surface area contributed by atoms with Crippen molar-refractivity contribution < 1.29 is 14.7 Å². The van der Waals surface area contributed by atoms with Gasteiger partial charge in [0, 0.05) is 13.6 Å². The van der Waals surface area contributed by atoms with Crippen LogP contribution in [0.4, 0.5) is 10.5 Å². The number of anilines is 1. The van der Waals surface area contributed by atoms with Crippen molar-refractivity contribution >= 4 is 17.7 Å². The van der Waals surface area contributed by atoms with Crippen LogP contribution in [0.15, 0.2) is 24.3 Å². The molecule has 1 aliphatic rings. The van der Waals surface area contributed by atoms with E-state index in [9.17, 15) is 9.59 Å². The number of hydrogen-bond acceptors (Lipinski definition) is 2. The van der Waals surface area contributed by atoms with E-state index in [0.717, 1.165) is 5.56 Å². The van der Waals surface area contributed by atoms with E-state index in [2.05, 4.69) is 0 Å². The zero-order valence-electron chi connectivity index (χ0n) is 8.88. The minimum Gasteiger partial charge on any atom is -0.480 e. The van der Waals surface area contributed by atoms with E-state index in [4.69, 9.17) is 5.11 Å². The summed E-state index contributed by atoms with van der Waals surface area (Å²) in [5.41, 5.74) is 1.65. The van der Waals surface area contributed by atoms with Gasteiger partial charge in [-0.2, -0.15) is 0 Å². The van der Waals surface area contributed by atoms with Crippen molar-refractivity contribution in [2.24, 2.45) is 0 Å². The lowest BCUT2D eigenvalue weighted by molar-refractivity contribution is -0.135. The van der Waals surface area contributed by atoms with Gasteiger partial charge in [0.05, 0.1) is 5.69 Å². The van der Waals surface area contributed by atoms with E-state index in [0.29, 0.717) is 12.2 Å². The van der Waals surface area contributed by atoms with Crippen LogP contribution in [0.25, 0.3) is 0 Å². The van der Waals surface area contributed by atoms with Crippen molar-refractivity contribution in [2.45, 2.75) is 6.54 Å².